The topological polar surface area (TPSA) is 69.6 Å². The van der Waals surface area contributed by atoms with Crippen molar-refractivity contribution in [2.24, 2.45) is 0 Å². The quantitative estimate of drug-likeness (QED) is 0.839. The number of fused-ring (bicyclic) bond motifs is 1. The van der Waals surface area contributed by atoms with E-state index in [1.54, 1.807) is 17.0 Å². The van der Waals surface area contributed by atoms with Gasteiger partial charge in [-0.25, -0.2) is 0 Å². The molecule has 1 aliphatic heterocycles. The number of aliphatic hydroxyl groups is 1. The number of carbonyl (C=O) groups excluding carboxylic acids is 2. The first-order chi connectivity index (χ1) is 10.2. The van der Waals surface area contributed by atoms with Crippen LogP contribution in [0.15, 0.2) is 18.2 Å². The molecule has 0 bridgehead atoms. The highest BCUT2D eigenvalue weighted by atomic mass is 16.3. The van der Waals surface area contributed by atoms with Gasteiger partial charge in [0.2, 0.25) is 5.91 Å². The SMILES string of the molecule is CCCCN(CCO)C(=O)c1ccc2c(c1)CCC(=O)N2. The molecule has 5 nitrogen and oxygen atoms in total. The summed E-state index contributed by atoms with van der Waals surface area (Å²) >= 11 is 0. The highest BCUT2D eigenvalue weighted by Gasteiger charge is 2.19. The van der Waals surface area contributed by atoms with E-state index in [0.717, 1.165) is 24.1 Å². The minimum Gasteiger partial charge on any atom is -0.395 e. The van der Waals surface area contributed by atoms with Crippen molar-refractivity contribution in [3.63, 3.8) is 0 Å². The largest absolute Gasteiger partial charge is 0.395 e. The summed E-state index contributed by atoms with van der Waals surface area (Å²) in [6, 6.07) is 5.38. The molecule has 1 aliphatic rings. The van der Waals surface area contributed by atoms with Gasteiger partial charge in [0.05, 0.1) is 6.61 Å². The molecule has 114 valence electrons. The molecule has 5 heteroatoms. The van der Waals surface area contributed by atoms with Crippen molar-refractivity contribution in [1.82, 2.24) is 4.90 Å². The monoisotopic (exact) mass is 290 g/mol. The minimum absolute atomic E-state index is 0.0198. The molecule has 0 radical (unpaired) electrons. The number of nitrogens with zero attached hydrogens (tertiary/aromatic N) is 1. The number of hydrogen-bond acceptors (Lipinski definition) is 3. The van der Waals surface area contributed by atoms with E-state index in [4.69, 9.17) is 5.11 Å². The lowest BCUT2D eigenvalue weighted by molar-refractivity contribution is -0.116. The third-order valence-corrected chi connectivity index (χ3v) is 3.69. The van der Waals surface area contributed by atoms with Gasteiger partial charge in [-0.15, -0.1) is 0 Å². The number of aryl methyl sites for hydroxylation is 1. The molecule has 0 fully saturated rings. The van der Waals surface area contributed by atoms with Gasteiger partial charge in [-0.05, 0) is 36.6 Å². The number of carbonyl (C=O) groups is 2. The van der Waals surface area contributed by atoms with Gasteiger partial charge in [0.25, 0.3) is 5.91 Å². The third-order valence-electron chi connectivity index (χ3n) is 3.69. The summed E-state index contributed by atoms with van der Waals surface area (Å²) < 4.78 is 0. The molecule has 21 heavy (non-hydrogen) atoms. The smallest absolute Gasteiger partial charge is 0.253 e. The summed E-state index contributed by atoms with van der Waals surface area (Å²) in [4.78, 5) is 25.5. The van der Waals surface area contributed by atoms with Crippen LogP contribution >= 0.6 is 0 Å². The molecule has 0 aliphatic carbocycles. The van der Waals surface area contributed by atoms with Crippen LogP contribution in [0.1, 0.15) is 42.1 Å². The summed E-state index contributed by atoms with van der Waals surface area (Å²) in [7, 11) is 0. The zero-order chi connectivity index (χ0) is 15.2. The Balaban J connectivity index is 2.16. The first-order valence-corrected chi connectivity index (χ1v) is 7.48. The summed E-state index contributed by atoms with van der Waals surface area (Å²) in [6.45, 7) is 3.05. The van der Waals surface area contributed by atoms with Crippen molar-refractivity contribution >= 4 is 17.5 Å². The Morgan fingerprint density at radius 1 is 1.33 bits per heavy atom. The summed E-state index contributed by atoms with van der Waals surface area (Å²) in [6.07, 6.45) is 3.05. The number of nitrogens with one attached hydrogen (secondary N) is 1. The molecular formula is C16H22N2O3. The number of anilines is 1. The molecule has 0 unspecified atom stereocenters. The van der Waals surface area contributed by atoms with E-state index in [0.29, 0.717) is 31.5 Å². The maximum Gasteiger partial charge on any atom is 0.253 e. The van der Waals surface area contributed by atoms with Crippen LogP contribution in [0.25, 0.3) is 0 Å². The fourth-order valence-electron chi connectivity index (χ4n) is 2.48. The van der Waals surface area contributed by atoms with Crippen molar-refractivity contribution in [2.45, 2.75) is 32.6 Å². The fraction of sp³-hybridized carbons (Fsp3) is 0.500. The van der Waals surface area contributed by atoms with Gasteiger partial charge in [-0.2, -0.15) is 0 Å². The van der Waals surface area contributed by atoms with E-state index < -0.39 is 0 Å². The molecule has 0 saturated heterocycles. The van der Waals surface area contributed by atoms with E-state index in [-0.39, 0.29) is 18.4 Å². The fourth-order valence-corrected chi connectivity index (χ4v) is 2.48. The highest BCUT2D eigenvalue weighted by molar-refractivity contribution is 5.97. The maximum atomic E-state index is 12.5. The number of aliphatic hydroxyl groups excluding tert-OH is 1. The van der Waals surface area contributed by atoms with Gasteiger partial charge in [0, 0.05) is 30.8 Å². The standard InChI is InChI=1S/C16H22N2O3/c1-2-3-8-18(9-10-19)16(21)13-4-6-14-12(11-13)5-7-15(20)17-14/h4,6,11,19H,2-3,5,7-10H2,1H3,(H,17,20). The maximum absolute atomic E-state index is 12.5. The second kappa shape index (κ2) is 7.22. The molecule has 0 aromatic heterocycles. The molecule has 1 aromatic carbocycles. The van der Waals surface area contributed by atoms with Crippen LogP contribution in [0.4, 0.5) is 5.69 Å². The average Bonchev–Trinajstić information content (AvgIpc) is 2.50. The molecule has 1 aromatic rings. The van der Waals surface area contributed by atoms with Gasteiger partial charge >= 0.3 is 0 Å². The van der Waals surface area contributed by atoms with E-state index in [1.165, 1.54) is 0 Å². The highest BCUT2D eigenvalue weighted by Crippen LogP contribution is 2.24. The zero-order valence-corrected chi connectivity index (χ0v) is 12.4. The second-order valence-electron chi connectivity index (χ2n) is 5.29. The van der Waals surface area contributed by atoms with Crippen LogP contribution in [-0.2, 0) is 11.2 Å². The first-order valence-electron chi connectivity index (χ1n) is 7.48. The van der Waals surface area contributed by atoms with Crippen LogP contribution in [0.2, 0.25) is 0 Å². The number of benzene rings is 1. The Hall–Kier alpha value is -1.88. The van der Waals surface area contributed by atoms with Gasteiger partial charge in [0.1, 0.15) is 0 Å². The molecule has 2 amide bonds. The molecule has 2 N–H and O–H groups in total. The summed E-state index contributed by atoms with van der Waals surface area (Å²) in [5.41, 5.74) is 2.42. The van der Waals surface area contributed by atoms with Gasteiger partial charge in [-0.3, -0.25) is 9.59 Å². The summed E-state index contributed by atoms with van der Waals surface area (Å²) in [5.74, 6) is -0.0383. The normalized spacial score (nSPS) is 13.5. The molecule has 0 atom stereocenters. The lowest BCUT2D eigenvalue weighted by Crippen LogP contribution is -2.34. The second-order valence-corrected chi connectivity index (χ2v) is 5.29. The van der Waals surface area contributed by atoms with E-state index >= 15 is 0 Å². The average molecular weight is 290 g/mol. The lowest BCUT2D eigenvalue weighted by Gasteiger charge is -2.23. The van der Waals surface area contributed by atoms with Crippen molar-refractivity contribution in [1.29, 1.82) is 0 Å². The van der Waals surface area contributed by atoms with Crippen LogP contribution in [0.5, 0.6) is 0 Å². The number of rotatable bonds is 6. The van der Waals surface area contributed by atoms with E-state index in [9.17, 15) is 9.59 Å². The molecule has 0 saturated carbocycles. The predicted molar refractivity (Wildman–Crippen MR) is 81.3 cm³/mol. The number of hydrogen-bond donors (Lipinski definition) is 2. The van der Waals surface area contributed by atoms with Crippen molar-refractivity contribution < 1.29 is 14.7 Å². The van der Waals surface area contributed by atoms with Gasteiger partial charge < -0.3 is 15.3 Å². The zero-order valence-electron chi connectivity index (χ0n) is 12.4. The molecule has 0 spiro atoms. The lowest BCUT2D eigenvalue weighted by atomic mass is 10.00. The number of amides is 2. The van der Waals surface area contributed by atoms with E-state index in [1.807, 2.05) is 6.07 Å². The molecular weight excluding hydrogens is 268 g/mol. The van der Waals surface area contributed by atoms with Crippen molar-refractivity contribution in [3.05, 3.63) is 29.3 Å². The van der Waals surface area contributed by atoms with Gasteiger partial charge in [-0.1, -0.05) is 13.3 Å². The van der Waals surface area contributed by atoms with E-state index in [2.05, 4.69) is 12.2 Å². The minimum atomic E-state index is -0.0581. The summed E-state index contributed by atoms with van der Waals surface area (Å²) in [5, 5.41) is 11.9. The van der Waals surface area contributed by atoms with Crippen molar-refractivity contribution in [3.8, 4) is 0 Å². The molecule has 2 rings (SSSR count). The number of unbranched alkanes of at least 4 members (excludes halogenated alkanes) is 1. The third kappa shape index (κ3) is 3.82. The Bertz CT molecular complexity index is 528. The van der Waals surface area contributed by atoms with Crippen LogP contribution in [0, 0.1) is 0 Å². The van der Waals surface area contributed by atoms with Crippen LogP contribution < -0.4 is 5.32 Å². The first kappa shape index (κ1) is 15.5. The van der Waals surface area contributed by atoms with Crippen molar-refractivity contribution in [2.75, 3.05) is 25.0 Å². The Morgan fingerprint density at radius 2 is 2.14 bits per heavy atom. The molecule has 1 heterocycles. The van der Waals surface area contributed by atoms with Gasteiger partial charge in [0.15, 0.2) is 0 Å². The van der Waals surface area contributed by atoms with Crippen LogP contribution in [0.3, 0.4) is 0 Å². The van der Waals surface area contributed by atoms with Crippen LogP contribution in [-0.4, -0.2) is 41.5 Å². The Kier molecular flexibility index (Phi) is 5.33. The Labute approximate surface area is 125 Å². The Morgan fingerprint density at radius 3 is 2.86 bits per heavy atom. The predicted octanol–water partition coefficient (Wildman–Crippen LogP) is 1.81.